The van der Waals surface area contributed by atoms with E-state index in [0.717, 1.165) is 50.5 Å². The Kier molecular flexibility index (Phi) is 8.87. The van der Waals surface area contributed by atoms with E-state index >= 15 is 0 Å². The molecule has 2 nitrogen and oxygen atoms in total. The van der Waals surface area contributed by atoms with Crippen LogP contribution in [0, 0.1) is 0 Å². The minimum absolute atomic E-state index is 1.10. The van der Waals surface area contributed by atoms with Crippen LogP contribution in [0.5, 0.6) is 0 Å². The lowest BCUT2D eigenvalue weighted by Crippen LogP contribution is -2.13. The van der Waals surface area contributed by atoms with E-state index in [4.69, 9.17) is 0 Å². The summed E-state index contributed by atoms with van der Waals surface area (Å²) in [7, 11) is 0. The van der Waals surface area contributed by atoms with Crippen LogP contribution in [0.25, 0.3) is 82.8 Å². The van der Waals surface area contributed by atoms with Gasteiger partial charge < -0.3 is 9.47 Å². The number of hydrogen-bond acceptors (Lipinski definition) is 1. The molecule has 0 aliphatic rings. The molecule has 0 atom stereocenters. The molecule has 11 rings (SSSR count). The van der Waals surface area contributed by atoms with Crippen LogP contribution >= 0.6 is 0 Å². The van der Waals surface area contributed by atoms with Crippen LogP contribution in [0.3, 0.4) is 0 Å². The summed E-state index contributed by atoms with van der Waals surface area (Å²) in [5, 5.41) is 4.85. The van der Waals surface area contributed by atoms with Gasteiger partial charge in [-0.1, -0.05) is 200 Å². The van der Waals surface area contributed by atoms with Crippen LogP contribution in [0.2, 0.25) is 0 Å². The summed E-state index contributed by atoms with van der Waals surface area (Å²) < 4.78 is 2.47. The third-order valence-electron chi connectivity index (χ3n) is 11.8. The van der Waals surface area contributed by atoms with Gasteiger partial charge in [0.25, 0.3) is 0 Å². The number of benzene rings is 10. The van der Waals surface area contributed by atoms with E-state index < -0.39 is 0 Å². The van der Waals surface area contributed by atoms with Gasteiger partial charge in [0.2, 0.25) is 0 Å². The minimum atomic E-state index is 1.10. The SMILES string of the molecule is c1ccc(-c2ccccc2N(c2cccc(-c3ccccc3)c2-c2ccccc2)c2cccc3c2c2ccccc2n3-c2ccccc2-c2ccc3ccccc3c2)cc1. The standard InChI is InChI=1S/C58H40N2/c1-4-21-42(22-5-1)47-28-12-15-32-51(47)60(54-35-18-31-49(43-23-6-2-7-24-43)57(54)44-25-8-3-9-26-44)56-37-19-36-55-58(56)50-30-14-17-34-53(50)59(55)52-33-16-13-29-48(52)46-39-38-41-20-10-11-27-45(41)40-46/h1-40H. The van der Waals surface area contributed by atoms with Gasteiger partial charge in [0, 0.05) is 27.5 Å². The fourth-order valence-corrected chi connectivity index (χ4v) is 9.13. The van der Waals surface area contributed by atoms with E-state index in [1.807, 2.05) is 0 Å². The second-order valence-corrected chi connectivity index (χ2v) is 15.3. The Morgan fingerprint density at radius 1 is 0.300 bits per heavy atom. The zero-order valence-electron chi connectivity index (χ0n) is 33.0. The van der Waals surface area contributed by atoms with Crippen LogP contribution < -0.4 is 4.90 Å². The van der Waals surface area contributed by atoms with Gasteiger partial charge in [-0.25, -0.2) is 0 Å². The van der Waals surface area contributed by atoms with E-state index in [1.54, 1.807) is 0 Å². The monoisotopic (exact) mass is 764 g/mol. The van der Waals surface area contributed by atoms with Gasteiger partial charge in [-0.2, -0.15) is 0 Å². The molecule has 60 heavy (non-hydrogen) atoms. The second kappa shape index (κ2) is 15.1. The van der Waals surface area contributed by atoms with Gasteiger partial charge in [-0.05, 0) is 81.1 Å². The molecule has 11 aromatic rings. The summed E-state index contributed by atoms with van der Waals surface area (Å²) >= 11 is 0. The fraction of sp³-hybridized carbons (Fsp3) is 0. The quantitative estimate of drug-likeness (QED) is 0.150. The molecule has 0 aliphatic carbocycles. The van der Waals surface area contributed by atoms with Crippen LogP contribution in [0.1, 0.15) is 0 Å². The summed E-state index contributed by atoms with van der Waals surface area (Å²) in [6.45, 7) is 0. The van der Waals surface area contributed by atoms with E-state index in [-0.39, 0.29) is 0 Å². The molecule has 282 valence electrons. The average Bonchev–Trinajstić information content (AvgIpc) is 3.67. The molecule has 1 heterocycles. The maximum Gasteiger partial charge on any atom is 0.0562 e. The van der Waals surface area contributed by atoms with Gasteiger partial charge >= 0.3 is 0 Å². The summed E-state index contributed by atoms with van der Waals surface area (Å²) in [5.41, 5.74) is 16.1. The summed E-state index contributed by atoms with van der Waals surface area (Å²) in [6, 6.07) is 88.0. The van der Waals surface area contributed by atoms with Crippen molar-refractivity contribution in [1.29, 1.82) is 0 Å². The average molecular weight is 765 g/mol. The lowest BCUT2D eigenvalue weighted by molar-refractivity contribution is 1.18. The molecular weight excluding hydrogens is 725 g/mol. The fourth-order valence-electron chi connectivity index (χ4n) is 9.13. The molecule has 0 N–H and O–H groups in total. The lowest BCUT2D eigenvalue weighted by atomic mass is 9.91. The molecule has 0 fully saturated rings. The van der Waals surface area contributed by atoms with Gasteiger partial charge in [-0.3, -0.25) is 0 Å². The number of rotatable bonds is 8. The number of nitrogens with zero attached hydrogens (tertiary/aromatic N) is 2. The van der Waals surface area contributed by atoms with Gasteiger partial charge in [0.1, 0.15) is 0 Å². The van der Waals surface area contributed by atoms with Gasteiger partial charge in [-0.15, -0.1) is 0 Å². The van der Waals surface area contributed by atoms with Crippen LogP contribution in [-0.4, -0.2) is 4.57 Å². The molecule has 10 aromatic carbocycles. The normalized spacial score (nSPS) is 11.3. The smallest absolute Gasteiger partial charge is 0.0562 e. The molecule has 0 bridgehead atoms. The Balaban J connectivity index is 1.24. The van der Waals surface area contributed by atoms with Gasteiger partial charge in [0.05, 0.1) is 33.8 Å². The highest BCUT2D eigenvalue weighted by Gasteiger charge is 2.26. The van der Waals surface area contributed by atoms with Crippen molar-refractivity contribution in [2.24, 2.45) is 0 Å². The van der Waals surface area contributed by atoms with E-state index in [2.05, 4.69) is 252 Å². The molecule has 2 heteroatoms. The Bertz CT molecular complexity index is 3310. The minimum Gasteiger partial charge on any atom is -0.309 e. The maximum absolute atomic E-state index is 2.52. The Labute approximate surface area is 350 Å². The zero-order valence-corrected chi connectivity index (χ0v) is 33.0. The number of fused-ring (bicyclic) bond motifs is 4. The van der Waals surface area contributed by atoms with Crippen molar-refractivity contribution < 1.29 is 0 Å². The van der Waals surface area contributed by atoms with E-state index in [0.29, 0.717) is 0 Å². The Morgan fingerprint density at radius 3 is 1.62 bits per heavy atom. The number of aromatic nitrogens is 1. The van der Waals surface area contributed by atoms with Crippen molar-refractivity contribution in [3.63, 3.8) is 0 Å². The largest absolute Gasteiger partial charge is 0.309 e. The maximum atomic E-state index is 2.52. The highest BCUT2D eigenvalue weighted by Crippen LogP contribution is 2.51. The first-order chi connectivity index (χ1) is 29.8. The molecule has 0 saturated carbocycles. The Morgan fingerprint density at radius 2 is 0.833 bits per heavy atom. The highest BCUT2D eigenvalue weighted by molar-refractivity contribution is 6.18. The summed E-state index contributed by atoms with van der Waals surface area (Å²) in [5.74, 6) is 0. The van der Waals surface area contributed by atoms with Crippen molar-refractivity contribution >= 4 is 49.6 Å². The van der Waals surface area contributed by atoms with E-state index in [1.165, 1.54) is 49.4 Å². The predicted octanol–water partition coefficient (Wildman–Crippen LogP) is 16.1. The van der Waals surface area contributed by atoms with Crippen molar-refractivity contribution in [3.8, 4) is 50.2 Å². The highest BCUT2D eigenvalue weighted by atomic mass is 15.2. The van der Waals surface area contributed by atoms with Crippen molar-refractivity contribution in [2.75, 3.05) is 4.90 Å². The molecule has 0 amide bonds. The van der Waals surface area contributed by atoms with Crippen LogP contribution in [0.4, 0.5) is 17.1 Å². The summed E-state index contributed by atoms with van der Waals surface area (Å²) in [4.78, 5) is 2.52. The zero-order chi connectivity index (χ0) is 39.8. The topological polar surface area (TPSA) is 8.17 Å². The van der Waals surface area contributed by atoms with Crippen LogP contribution in [-0.2, 0) is 0 Å². The molecule has 0 spiro atoms. The Hall–Kier alpha value is -7.94. The molecule has 0 aliphatic heterocycles. The lowest BCUT2D eigenvalue weighted by Gasteiger charge is -2.31. The number of hydrogen-bond donors (Lipinski definition) is 0. The predicted molar refractivity (Wildman–Crippen MR) is 255 cm³/mol. The number of anilines is 3. The first kappa shape index (κ1) is 35.2. The molecular formula is C58H40N2. The van der Waals surface area contributed by atoms with Crippen LogP contribution in [0.15, 0.2) is 243 Å². The van der Waals surface area contributed by atoms with Crippen molar-refractivity contribution in [2.45, 2.75) is 0 Å². The summed E-state index contributed by atoms with van der Waals surface area (Å²) in [6.07, 6.45) is 0. The van der Waals surface area contributed by atoms with Gasteiger partial charge in [0.15, 0.2) is 0 Å². The molecule has 0 saturated heterocycles. The molecule has 0 unspecified atom stereocenters. The first-order valence-electron chi connectivity index (χ1n) is 20.6. The molecule has 0 radical (unpaired) electrons. The van der Waals surface area contributed by atoms with E-state index in [9.17, 15) is 0 Å². The third kappa shape index (κ3) is 6.06. The van der Waals surface area contributed by atoms with Crippen molar-refractivity contribution in [1.82, 2.24) is 4.57 Å². The van der Waals surface area contributed by atoms with Crippen molar-refractivity contribution in [3.05, 3.63) is 243 Å². The first-order valence-corrected chi connectivity index (χ1v) is 20.6. The molecule has 1 aromatic heterocycles. The second-order valence-electron chi connectivity index (χ2n) is 15.3. The number of para-hydroxylation sites is 3. The third-order valence-corrected chi connectivity index (χ3v) is 11.8.